The first-order valence-electron chi connectivity index (χ1n) is 6.16. The molecule has 3 atom stereocenters. The van der Waals surface area contributed by atoms with Gasteiger partial charge in [-0.3, -0.25) is 4.79 Å². The van der Waals surface area contributed by atoms with Crippen molar-refractivity contribution in [3.8, 4) is 0 Å². The van der Waals surface area contributed by atoms with E-state index >= 15 is 0 Å². The molecule has 0 aromatic heterocycles. The van der Waals surface area contributed by atoms with E-state index in [1.54, 1.807) is 0 Å². The molecule has 4 aliphatic rings. The zero-order chi connectivity index (χ0) is 11.3. The lowest BCUT2D eigenvalue weighted by atomic mass is 9.62. The standard InChI is InChI=1S/C12H17NO3/c14-11-9-4-6-1-7(5-9)3-8(2-6)10(13-11)12(15)16/h6-10H,1-5H2,(H,13,14)(H,15,16). The van der Waals surface area contributed by atoms with Gasteiger partial charge < -0.3 is 10.4 Å². The zero-order valence-corrected chi connectivity index (χ0v) is 9.19. The number of carboxylic acid groups (broad SMARTS) is 1. The summed E-state index contributed by atoms with van der Waals surface area (Å²) in [6.07, 6.45) is 5.15. The van der Waals surface area contributed by atoms with Gasteiger partial charge in [-0.1, -0.05) is 0 Å². The maximum Gasteiger partial charge on any atom is 0.326 e. The Labute approximate surface area is 94.4 Å². The van der Waals surface area contributed by atoms with Gasteiger partial charge >= 0.3 is 5.97 Å². The summed E-state index contributed by atoms with van der Waals surface area (Å²) in [7, 11) is 0. The Morgan fingerprint density at radius 2 is 1.75 bits per heavy atom. The van der Waals surface area contributed by atoms with Crippen molar-refractivity contribution in [1.82, 2.24) is 5.32 Å². The van der Waals surface area contributed by atoms with Crippen molar-refractivity contribution in [2.75, 3.05) is 0 Å². The Morgan fingerprint density at radius 1 is 1.12 bits per heavy atom. The van der Waals surface area contributed by atoms with Crippen LogP contribution in [0.15, 0.2) is 0 Å². The minimum atomic E-state index is -0.861. The van der Waals surface area contributed by atoms with E-state index in [9.17, 15) is 14.7 Å². The molecule has 88 valence electrons. The lowest BCUT2D eigenvalue weighted by Crippen LogP contribution is -2.54. The summed E-state index contributed by atoms with van der Waals surface area (Å²) in [5, 5.41) is 11.9. The summed E-state index contributed by atoms with van der Waals surface area (Å²) in [5.74, 6) is 0.538. The summed E-state index contributed by atoms with van der Waals surface area (Å²) in [6, 6.07) is -0.638. The van der Waals surface area contributed by atoms with E-state index < -0.39 is 12.0 Å². The number of hydrogen-bond donors (Lipinski definition) is 2. The van der Waals surface area contributed by atoms with E-state index in [0.29, 0.717) is 11.8 Å². The van der Waals surface area contributed by atoms with Crippen LogP contribution < -0.4 is 5.32 Å². The van der Waals surface area contributed by atoms with E-state index in [1.165, 1.54) is 6.42 Å². The third-order valence-electron chi connectivity index (χ3n) is 4.58. The fraction of sp³-hybridized carbons (Fsp3) is 0.833. The van der Waals surface area contributed by atoms with Gasteiger partial charge in [-0.2, -0.15) is 0 Å². The van der Waals surface area contributed by atoms with Crippen molar-refractivity contribution in [2.45, 2.75) is 38.1 Å². The van der Waals surface area contributed by atoms with E-state index in [4.69, 9.17) is 0 Å². The average molecular weight is 223 g/mol. The lowest BCUT2D eigenvalue weighted by Gasteiger charge is -2.46. The first kappa shape index (κ1) is 10.1. The van der Waals surface area contributed by atoms with Crippen molar-refractivity contribution in [1.29, 1.82) is 0 Å². The van der Waals surface area contributed by atoms with Crippen LogP contribution in [0.5, 0.6) is 0 Å². The summed E-state index contributed by atoms with van der Waals surface area (Å²) in [5.41, 5.74) is 0. The molecule has 0 aromatic carbocycles. The van der Waals surface area contributed by atoms with Crippen LogP contribution in [0, 0.1) is 23.7 Å². The maximum absolute atomic E-state index is 11.9. The molecule has 4 bridgehead atoms. The minimum absolute atomic E-state index is 0.0218. The number of fused-ring (bicyclic) bond motifs is 2. The predicted octanol–water partition coefficient (Wildman–Crippen LogP) is 1.01. The molecule has 0 spiro atoms. The first-order valence-corrected chi connectivity index (χ1v) is 6.16. The topological polar surface area (TPSA) is 66.4 Å². The van der Waals surface area contributed by atoms with Crippen LogP contribution in [0.4, 0.5) is 0 Å². The summed E-state index contributed by atoms with van der Waals surface area (Å²) >= 11 is 0. The number of rotatable bonds is 1. The molecule has 1 amide bonds. The average Bonchev–Trinajstić information content (AvgIpc) is 2.22. The first-order chi connectivity index (χ1) is 7.63. The molecule has 2 saturated heterocycles. The summed E-state index contributed by atoms with van der Waals surface area (Å²) in [6.45, 7) is 0. The highest BCUT2D eigenvalue weighted by Crippen LogP contribution is 2.47. The molecule has 4 heteroatoms. The summed E-state index contributed by atoms with van der Waals surface area (Å²) < 4.78 is 0. The SMILES string of the molecule is O=C1NC(C(=O)O)C2CC3CC(CC1C3)C2. The molecule has 3 unspecified atom stereocenters. The van der Waals surface area contributed by atoms with E-state index in [0.717, 1.165) is 25.7 Å². The van der Waals surface area contributed by atoms with Gasteiger partial charge in [0.05, 0.1) is 0 Å². The van der Waals surface area contributed by atoms with E-state index in [2.05, 4.69) is 5.32 Å². The molecule has 2 aliphatic carbocycles. The quantitative estimate of drug-likeness (QED) is 0.697. The molecule has 2 heterocycles. The number of carbonyl (C=O) groups is 2. The van der Waals surface area contributed by atoms with Crippen molar-refractivity contribution in [2.24, 2.45) is 23.7 Å². The number of nitrogens with one attached hydrogen (secondary N) is 1. The highest BCUT2D eigenvalue weighted by Gasteiger charge is 2.46. The van der Waals surface area contributed by atoms with Crippen LogP contribution in [0.2, 0.25) is 0 Å². The fourth-order valence-corrected chi connectivity index (χ4v) is 4.04. The third-order valence-corrected chi connectivity index (χ3v) is 4.58. The second-order valence-corrected chi connectivity index (χ2v) is 5.69. The minimum Gasteiger partial charge on any atom is -0.480 e. The molecular formula is C12H17NO3. The molecule has 4 rings (SSSR count). The molecule has 2 aliphatic heterocycles. The van der Waals surface area contributed by atoms with Gasteiger partial charge in [0.2, 0.25) is 5.91 Å². The molecule has 0 radical (unpaired) electrons. The second-order valence-electron chi connectivity index (χ2n) is 5.69. The highest BCUT2D eigenvalue weighted by molar-refractivity contribution is 5.85. The largest absolute Gasteiger partial charge is 0.480 e. The number of carboxylic acids is 1. The number of carbonyl (C=O) groups excluding carboxylic acids is 1. The van der Waals surface area contributed by atoms with Gasteiger partial charge in [0, 0.05) is 5.92 Å². The van der Waals surface area contributed by atoms with Crippen molar-refractivity contribution in [3.63, 3.8) is 0 Å². The third kappa shape index (κ3) is 1.51. The van der Waals surface area contributed by atoms with Crippen LogP contribution in [0.25, 0.3) is 0 Å². The molecule has 2 saturated carbocycles. The smallest absolute Gasteiger partial charge is 0.326 e. The Bertz CT molecular complexity index is 327. The van der Waals surface area contributed by atoms with Gasteiger partial charge in [0.1, 0.15) is 6.04 Å². The van der Waals surface area contributed by atoms with Crippen LogP contribution >= 0.6 is 0 Å². The Balaban J connectivity index is 1.92. The molecular weight excluding hydrogens is 206 g/mol. The lowest BCUT2D eigenvalue weighted by molar-refractivity contribution is -0.148. The maximum atomic E-state index is 11.9. The van der Waals surface area contributed by atoms with Crippen LogP contribution in [-0.4, -0.2) is 23.0 Å². The highest BCUT2D eigenvalue weighted by atomic mass is 16.4. The summed E-state index contributed by atoms with van der Waals surface area (Å²) in [4.78, 5) is 23.1. The molecule has 4 nitrogen and oxygen atoms in total. The number of amides is 1. The van der Waals surface area contributed by atoms with Crippen molar-refractivity contribution < 1.29 is 14.7 Å². The zero-order valence-electron chi connectivity index (χ0n) is 9.19. The number of aliphatic carboxylic acids is 1. The molecule has 0 aromatic rings. The molecule has 4 fully saturated rings. The fourth-order valence-electron chi connectivity index (χ4n) is 4.04. The van der Waals surface area contributed by atoms with E-state index in [-0.39, 0.29) is 17.7 Å². The van der Waals surface area contributed by atoms with Gasteiger partial charge in [-0.25, -0.2) is 4.79 Å². The van der Waals surface area contributed by atoms with E-state index in [1.807, 2.05) is 0 Å². The molecule has 2 N–H and O–H groups in total. The van der Waals surface area contributed by atoms with Crippen LogP contribution in [0.1, 0.15) is 32.1 Å². The number of hydrogen-bond acceptors (Lipinski definition) is 2. The predicted molar refractivity (Wildman–Crippen MR) is 56.6 cm³/mol. The molecule has 16 heavy (non-hydrogen) atoms. The van der Waals surface area contributed by atoms with Crippen LogP contribution in [-0.2, 0) is 9.59 Å². The Kier molecular flexibility index (Phi) is 2.19. The van der Waals surface area contributed by atoms with Gasteiger partial charge in [-0.15, -0.1) is 0 Å². The van der Waals surface area contributed by atoms with Crippen molar-refractivity contribution in [3.05, 3.63) is 0 Å². The normalized spacial score (nSPS) is 46.0. The van der Waals surface area contributed by atoms with Crippen molar-refractivity contribution >= 4 is 11.9 Å². The Morgan fingerprint density at radius 3 is 2.31 bits per heavy atom. The van der Waals surface area contributed by atoms with Crippen LogP contribution in [0.3, 0.4) is 0 Å². The van der Waals surface area contributed by atoms with Gasteiger partial charge in [-0.05, 0) is 49.9 Å². The Hall–Kier alpha value is -1.06. The second kappa shape index (κ2) is 3.47. The van der Waals surface area contributed by atoms with Gasteiger partial charge in [0.15, 0.2) is 0 Å². The monoisotopic (exact) mass is 223 g/mol. The van der Waals surface area contributed by atoms with Gasteiger partial charge in [0.25, 0.3) is 0 Å².